The molecule has 0 N–H and O–H groups in total. The van der Waals surface area contributed by atoms with E-state index in [0.717, 1.165) is 23.2 Å². The summed E-state index contributed by atoms with van der Waals surface area (Å²) in [6, 6.07) is 0. The smallest absolute Gasteiger partial charge is 0.0300 e. The molecular weight excluding hydrogens is 264 g/mol. The van der Waals surface area contributed by atoms with E-state index in [1.165, 1.54) is 44.9 Å². The molecule has 0 heteroatoms. The fourth-order valence-electron chi connectivity index (χ4n) is 5.67. The fourth-order valence-corrected chi connectivity index (χ4v) is 5.67. The maximum Gasteiger partial charge on any atom is -0.0300 e. The molecule has 0 bridgehead atoms. The van der Waals surface area contributed by atoms with Crippen LogP contribution in [0.5, 0.6) is 0 Å². The monoisotopic (exact) mass is 306 g/mol. The Morgan fingerprint density at radius 2 is 1.36 bits per heavy atom. The average molecular weight is 307 g/mol. The predicted molar refractivity (Wildman–Crippen MR) is 99.2 cm³/mol. The van der Waals surface area contributed by atoms with E-state index in [9.17, 15) is 0 Å². The molecule has 2 saturated carbocycles. The molecule has 2 aliphatic rings. The van der Waals surface area contributed by atoms with Crippen molar-refractivity contribution in [3.63, 3.8) is 0 Å². The van der Waals surface area contributed by atoms with Crippen molar-refractivity contribution in [1.29, 1.82) is 0 Å². The second-order valence-corrected chi connectivity index (χ2v) is 8.72. The molecule has 22 heavy (non-hydrogen) atoms. The molecule has 2 rings (SSSR count). The van der Waals surface area contributed by atoms with Crippen molar-refractivity contribution >= 4 is 0 Å². The van der Waals surface area contributed by atoms with Gasteiger partial charge < -0.3 is 0 Å². The van der Waals surface area contributed by atoms with Crippen LogP contribution >= 0.6 is 0 Å². The Balaban J connectivity index is 1.70. The molecule has 0 saturated heterocycles. The molecule has 0 aromatic rings. The van der Waals surface area contributed by atoms with Gasteiger partial charge in [-0.05, 0) is 68.1 Å². The summed E-state index contributed by atoms with van der Waals surface area (Å²) in [6.07, 6.45) is 22.6. The molecule has 0 aliphatic heterocycles. The standard InChI is InChI=1S/C22H42/c1-4-7-8-9-19-10-12-20(13-11-19)21-14-17-22(6-3,16-5-2)18-15-21/h19-21H,4-18H2,1-3H3/t19?,20?,21-,22-. The summed E-state index contributed by atoms with van der Waals surface area (Å²) in [5.74, 6) is 3.27. The van der Waals surface area contributed by atoms with Crippen molar-refractivity contribution in [3.8, 4) is 0 Å². The minimum absolute atomic E-state index is 0.739. The molecule has 0 amide bonds. The Hall–Kier alpha value is 0. The first-order valence-corrected chi connectivity index (χ1v) is 10.7. The van der Waals surface area contributed by atoms with Crippen molar-refractivity contribution in [2.24, 2.45) is 23.2 Å². The Morgan fingerprint density at radius 3 is 1.91 bits per heavy atom. The summed E-state index contributed by atoms with van der Waals surface area (Å²) in [6.45, 7) is 7.15. The maximum atomic E-state index is 2.44. The van der Waals surface area contributed by atoms with Crippen molar-refractivity contribution < 1.29 is 0 Å². The van der Waals surface area contributed by atoms with E-state index in [4.69, 9.17) is 0 Å². The molecule has 0 aromatic heterocycles. The lowest BCUT2D eigenvalue weighted by Gasteiger charge is -2.43. The van der Waals surface area contributed by atoms with Gasteiger partial charge in [-0.1, -0.05) is 72.1 Å². The molecule has 0 spiro atoms. The normalized spacial score (nSPS) is 36.4. The van der Waals surface area contributed by atoms with Gasteiger partial charge in [-0.25, -0.2) is 0 Å². The topological polar surface area (TPSA) is 0 Å². The zero-order valence-electron chi connectivity index (χ0n) is 15.8. The van der Waals surface area contributed by atoms with E-state index < -0.39 is 0 Å². The summed E-state index contributed by atoms with van der Waals surface area (Å²) in [7, 11) is 0. The van der Waals surface area contributed by atoms with Crippen molar-refractivity contribution in [3.05, 3.63) is 0 Å². The van der Waals surface area contributed by atoms with Gasteiger partial charge >= 0.3 is 0 Å². The van der Waals surface area contributed by atoms with E-state index in [1.807, 2.05) is 0 Å². The van der Waals surface area contributed by atoms with Crippen molar-refractivity contribution in [2.75, 3.05) is 0 Å². The van der Waals surface area contributed by atoms with Crippen LogP contribution in [0.25, 0.3) is 0 Å². The van der Waals surface area contributed by atoms with E-state index >= 15 is 0 Å². The van der Waals surface area contributed by atoms with Crippen LogP contribution in [0, 0.1) is 23.2 Å². The molecular formula is C22H42. The summed E-state index contributed by atoms with van der Waals surface area (Å²) in [5, 5.41) is 0. The quantitative estimate of drug-likeness (QED) is 0.402. The molecule has 2 fully saturated rings. The highest BCUT2D eigenvalue weighted by molar-refractivity contribution is 4.88. The molecule has 2 aliphatic carbocycles. The molecule has 130 valence electrons. The van der Waals surface area contributed by atoms with Gasteiger partial charge in [-0.15, -0.1) is 0 Å². The van der Waals surface area contributed by atoms with Gasteiger partial charge in [0.2, 0.25) is 0 Å². The summed E-state index contributed by atoms with van der Waals surface area (Å²) < 4.78 is 0. The highest BCUT2D eigenvalue weighted by atomic mass is 14.4. The largest absolute Gasteiger partial charge is 0.0654 e. The zero-order chi connectivity index (χ0) is 15.8. The van der Waals surface area contributed by atoms with Gasteiger partial charge in [0.05, 0.1) is 0 Å². The lowest BCUT2D eigenvalue weighted by molar-refractivity contribution is 0.0812. The Labute approximate surface area is 140 Å². The summed E-state index contributed by atoms with van der Waals surface area (Å²) in [5.41, 5.74) is 0.739. The highest BCUT2D eigenvalue weighted by Crippen LogP contribution is 2.49. The van der Waals surface area contributed by atoms with Crippen LogP contribution in [-0.2, 0) is 0 Å². The van der Waals surface area contributed by atoms with Crippen LogP contribution in [0.3, 0.4) is 0 Å². The molecule has 0 aromatic carbocycles. The third-order valence-corrected chi connectivity index (χ3v) is 7.40. The first-order chi connectivity index (χ1) is 10.7. The lowest BCUT2D eigenvalue weighted by Crippen LogP contribution is -2.31. The minimum atomic E-state index is 0.739. The van der Waals surface area contributed by atoms with Gasteiger partial charge in [0.1, 0.15) is 0 Å². The van der Waals surface area contributed by atoms with Crippen molar-refractivity contribution in [1.82, 2.24) is 0 Å². The number of unbranched alkanes of at least 4 members (excludes halogenated alkanes) is 2. The van der Waals surface area contributed by atoms with E-state index in [1.54, 1.807) is 51.4 Å². The van der Waals surface area contributed by atoms with Crippen LogP contribution in [0.4, 0.5) is 0 Å². The van der Waals surface area contributed by atoms with Gasteiger partial charge in [0, 0.05) is 0 Å². The number of hydrogen-bond donors (Lipinski definition) is 0. The number of hydrogen-bond acceptors (Lipinski definition) is 0. The van der Waals surface area contributed by atoms with Crippen LogP contribution in [0.15, 0.2) is 0 Å². The Kier molecular flexibility index (Phi) is 7.78. The molecule has 0 nitrogen and oxygen atoms in total. The fraction of sp³-hybridized carbons (Fsp3) is 1.00. The van der Waals surface area contributed by atoms with Crippen LogP contribution in [0.1, 0.15) is 117 Å². The van der Waals surface area contributed by atoms with Gasteiger partial charge in [-0.3, -0.25) is 0 Å². The van der Waals surface area contributed by atoms with Gasteiger partial charge in [0.25, 0.3) is 0 Å². The maximum absolute atomic E-state index is 2.44. The van der Waals surface area contributed by atoms with Gasteiger partial charge in [0.15, 0.2) is 0 Å². The second-order valence-electron chi connectivity index (χ2n) is 8.72. The van der Waals surface area contributed by atoms with E-state index in [0.29, 0.717) is 0 Å². The van der Waals surface area contributed by atoms with Crippen molar-refractivity contribution in [2.45, 2.75) is 117 Å². The average Bonchev–Trinajstić information content (AvgIpc) is 2.57. The second kappa shape index (κ2) is 9.33. The minimum Gasteiger partial charge on any atom is -0.0654 e. The van der Waals surface area contributed by atoms with Crippen LogP contribution < -0.4 is 0 Å². The first-order valence-electron chi connectivity index (χ1n) is 10.7. The van der Waals surface area contributed by atoms with E-state index in [-0.39, 0.29) is 0 Å². The third-order valence-electron chi connectivity index (χ3n) is 7.40. The van der Waals surface area contributed by atoms with E-state index in [2.05, 4.69) is 20.8 Å². The van der Waals surface area contributed by atoms with Gasteiger partial charge in [-0.2, -0.15) is 0 Å². The van der Waals surface area contributed by atoms with Crippen LogP contribution in [0.2, 0.25) is 0 Å². The summed E-state index contributed by atoms with van der Waals surface area (Å²) >= 11 is 0. The molecule has 0 atom stereocenters. The molecule has 0 radical (unpaired) electrons. The SMILES string of the molecule is CCCCCC1CCC([C@H]2CC[C@](CC)(CCC)CC2)CC1. The Bertz CT molecular complexity index is 276. The third kappa shape index (κ3) is 5.00. The predicted octanol–water partition coefficient (Wildman–Crippen LogP) is 7.76. The summed E-state index contributed by atoms with van der Waals surface area (Å²) in [4.78, 5) is 0. The highest BCUT2D eigenvalue weighted by Gasteiger charge is 2.36. The number of rotatable bonds is 8. The zero-order valence-corrected chi connectivity index (χ0v) is 15.8. The lowest BCUT2D eigenvalue weighted by atomic mass is 9.62. The van der Waals surface area contributed by atoms with Crippen LogP contribution in [-0.4, -0.2) is 0 Å². The Morgan fingerprint density at radius 1 is 0.727 bits per heavy atom. The molecule has 0 heterocycles. The molecule has 0 unspecified atom stereocenters. The first kappa shape index (κ1) is 18.3.